The van der Waals surface area contributed by atoms with Crippen LogP contribution in [0.1, 0.15) is 15.9 Å². The molecular weight excluding hydrogens is 434 g/mol. The molecular formula is C25H23N5O2S. The minimum atomic E-state index is -0.223. The predicted molar refractivity (Wildman–Crippen MR) is 131 cm³/mol. The van der Waals surface area contributed by atoms with Gasteiger partial charge in [0.25, 0.3) is 5.91 Å². The summed E-state index contributed by atoms with van der Waals surface area (Å²) >= 11 is 1.38. The van der Waals surface area contributed by atoms with Crippen molar-refractivity contribution in [1.82, 2.24) is 14.9 Å². The smallest absolute Gasteiger partial charge is 0.254 e. The van der Waals surface area contributed by atoms with Gasteiger partial charge in [0.1, 0.15) is 6.54 Å². The number of nitrogens with zero attached hydrogens (tertiary/aromatic N) is 4. The lowest BCUT2D eigenvalue weighted by atomic mass is 10.1. The maximum Gasteiger partial charge on any atom is 0.254 e. The van der Waals surface area contributed by atoms with E-state index in [0.29, 0.717) is 17.2 Å². The summed E-state index contributed by atoms with van der Waals surface area (Å²) in [6.07, 6.45) is 3.14. The van der Waals surface area contributed by atoms with Crippen LogP contribution in [0.25, 0.3) is 11.3 Å². The second-order valence-corrected chi connectivity index (χ2v) is 8.34. The molecule has 0 radical (unpaired) electrons. The molecule has 33 heavy (non-hydrogen) atoms. The van der Waals surface area contributed by atoms with Crippen molar-refractivity contribution < 1.29 is 9.59 Å². The van der Waals surface area contributed by atoms with Crippen LogP contribution >= 0.6 is 11.3 Å². The molecule has 0 fully saturated rings. The van der Waals surface area contributed by atoms with Gasteiger partial charge in [0.15, 0.2) is 5.13 Å². The number of aromatic nitrogens is 2. The van der Waals surface area contributed by atoms with Crippen LogP contribution in [0.3, 0.4) is 0 Å². The zero-order valence-corrected chi connectivity index (χ0v) is 18.9. The Morgan fingerprint density at radius 2 is 1.67 bits per heavy atom. The first-order chi connectivity index (χ1) is 16.0. The molecule has 0 aliphatic rings. The third-order valence-corrected chi connectivity index (χ3v) is 5.88. The normalized spacial score (nSPS) is 10.6. The third-order valence-electron chi connectivity index (χ3n) is 5.20. The van der Waals surface area contributed by atoms with Crippen molar-refractivity contribution >= 4 is 34.0 Å². The van der Waals surface area contributed by atoms with Crippen LogP contribution in [0.5, 0.6) is 0 Å². The summed E-state index contributed by atoms with van der Waals surface area (Å²) in [7, 11) is 1.70. The molecule has 4 aromatic rings. The minimum Gasteiger partial charge on any atom is -0.375 e. The number of thiazole rings is 1. The highest BCUT2D eigenvalue weighted by atomic mass is 32.1. The van der Waals surface area contributed by atoms with Crippen LogP contribution in [0.2, 0.25) is 0 Å². The number of carbonyl (C=O) groups is 2. The topological polar surface area (TPSA) is 92.4 Å². The van der Waals surface area contributed by atoms with E-state index < -0.39 is 0 Å². The van der Waals surface area contributed by atoms with Crippen molar-refractivity contribution in [3.63, 3.8) is 0 Å². The Labute approximate surface area is 196 Å². The number of carbonyl (C=O) groups excluding carboxylic acids is 2. The molecule has 2 amide bonds. The molecule has 2 aromatic carbocycles. The van der Waals surface area contributed by atoms with Gasteiger partial charge in [-0.15, -0.1) is 11.3 Å². The van der Waals surface area contributed by atoms with E-state index in [1.54, 1.807) is 41.4 Å². The zero-order valence-electron chi connectivity index (χ0n) is 18.1. The van der Waals surface area contributed by atoms with E-state index in [1.807, 2.05) is 60.0 Å². The number of rotatable bonds is 7. The van der Waals surface area contributed by atoms with E-state index in [-0.39, 0.29) is 18.4 Å². The number of nitrogens with two attached hydrogens (primary N) is 1. The van der Waals surface area contributed by atoms with Gasteiger partial charge in [-0.05, 0) is 29.8 Å². The van der Waals surface area contributed by atoms with E-state index >= 15 is 0 Å². The van der Waals surface area contributed by atoms with Crippen LogP contribution in [0, 0.1) is 0 Å². The SMILES string of the molecule is CN(C(=O)CN(Cc1ccccc1)C(=O)c1ccncc1)c1ccc(-c2csc(N)n2)cc1. The molecule has 0 saturated heterocycles. The molecule has 0 aliphatic heterocycles. The first kappa shape index (κ1) is 22.2. The first-order valence-corrected chi connectivity index (χ1v) is 11.2. The molecule has 2 N–H and O–H groups in total. The summed E-state index contributed by atoms with van der Waals surface area (Å²) in [6.45, 7) is 0.267. The molecule has 4 rings (SSSR count). The molecule has 0 spiro atoms. The van der Waals surface area contributed by atoms with Gasteiger partial charge in [0, 0.05) is 48.2 Å². The monoisotopic (exact) mass is 457 g/mol. The number of likely N-dealkylation sites (N-methyl/N-ethyl adjacent to an activating group) is 1. The Morgan fingerprint density at radius 3 is 2.30 bits per heavy atom. The fourth-order valence-corrected chi connectivity index (χ4v) is 3.94. The molecule has 0 saturated carbocycles. The highest BCUT2D eigenvalue weighted by molar-refractivity contribution is 7.13. The fraction of sp³-hybridized carbons (Fsp3) is 0.120. The first-order valence-electron chi connectivity index (χ1n) is 10.3. The highest BCUT2D eigenvalue weighted by Gasteiger charge is 2.22. The molecule has 2 heterocycles. The van der Waals surface area contributed by atoms with Crippen LogP contribution in [-0.4, -0.2) is 40.3 Å². The summed E-state index contributed by atoms with van der Waals surface area (Å²) in [5.41, 5.74) is 9.60. The second-order valence-electron chi connectivity index (χ2n) is 7.45. The third kappa shape index (κ3) is 5.42. The number of hydrogen-bond acceptors (Lipinski definition) is 6. The summed E-state index contributed by atoms with van der Waals surface area (Å²) in [5, 5.41) is 2.41. The molecule has 0 bridgehead atoms. The number of hydrogen-bond donors (Lipinski definition) is 1. The molecule has 7 nitrogen and oxygen atoms in total. The number of pyridine rings is 1. The lowest BCUT2D eigenvalue weighted by molar-refractivity contribution is -0.119. The number of amides is 2. The van der Waals surface area contributed by atoms with Gasteiger partial charge in [0.05, 0.1) is 5.69 Å². The lowest BCUT2D eigenvalue weighted by Gasteiger charge is -2.26. The van der Waals surface area contributed by atoms with Gasteiger partial charge in [-0.2, -0.15) is 0 Å². The zero-order chi connectivity index (χ0) is 23.2. The van der Waals surface area contributed by atoms with Crippen molar-refractivity contribution in [2.24, 2.45) is 0 Å². The van der Waals surface area contributed by atoms with E-state index in [2.05, 4.69) is 9.97 Å². The average Bonchev–Trinajstić information content (AvgIpc) is 3.30. The number of anilines is 2. The maximum absolute atomic E-state index is 13.2. The minimum absolute atomic E-state index is 0.0586. The van der Waals surface area contributed by atoms with E-state index in [0.717, 1.165) is 22.5 Å². The van der Waals surface area contributed by atoms with Crippen LogP contribution < -0.4 is 10.6 Å². The summed E-state index contributed by atoms with van der Waals surface area (Å²) in [4.78, 5) is 37.7. The Hall–Kier alpha value is -4.04. The lowest BCUT2D eigenvalue weighted by Crippen LogP contribution is -2.41. The number of nitrogen functional groups attached to an aromatic ring is 1. The molecule has 2 aromatic heterocycles. The Kier molecular flexibility index (Phi) is 6.75. The number of benzene rings is 2. The van der Waals surface area contributed by atoms with Crippen molar-refractivity contribution in [3.05, 3.63) is 95.6 Å². The van der Waals surface area contributed by atoms with Crippen molar-refractivity contribution in [1.29, 1.82) is 0 Å². The molecule has 8 heteroatoms. The molecule has 0 aliphatic carbocycles. The average molecular weight is 458 g/mol. The van der Waals surface area contributed by atoms with Crippen LogP contribution in [0.4, 0.5) is 10.8 Å². The summed E-state index contributed by atoms with van der Waals surface area (Å²) < 4.78 is 0. The molecule has 0 unspecified atom stereocenters. The Balaban J connectivity index is 1.51. The molecule has 0 atom stereocenters. The summed E-state index contributed by atoms with van der Waals surface area (Å²) in [6, 6.07) is 20.4. The van der Waals surface area contributed by atoms with Crippen molar-refractivity contribution in [2.45, 2.75) is 6.54 Å². The van der Waals surface area contributed by atoms with Gasteiger partial charge in [-0.3, -0.25) is 14.6 Å². The second kappa shape index (κ2) is 10.1. The Morgan fingerprint density at radius 1 is 0.970 bits per heavy atom. The van der Waals surface area contributed by atoms with Gasteiger partial charge < -0.3 is 15.5 Å². The van der Waals surface area contributed by atoms with E-state index in [4.69, 9.17) is 5.73 Å². The van der Waals surface area contributed by atoms with Crippen molar-refractivity contribution in [3.8, 4) is 11.3 Å². The van der Waals surface area contributed by atoms with Gasteiger partial charge in [-0.25, -0.2) is 4.98 Å². The Bertz CT molecular complexity index is 1230. The highest BCUT2D eigenvalue weighted by Crippen LogP contribution is 2.25. The van der Waals surface area contributed by atoms with E-state index in [9.17, 15) is 9.59 Å². The standard InChI is InChI=1S/C25H23N5O2S/c1-29(21-9-7-19(8-10-21)22-17-33-25(26)28-22)23(31)16-30(15-18-5-3-2-4-6-18)24(32)20-11-13-27-14-12-20/h2-14,17H,15-16H2,1H3,(H2,26,28). The van der Waals surface area contributed by atoms with Crippen molar-refractivity contribution in [2.75, 3.05) is 24.2 Å². The predicted octanol–water partition coefficient (Wildman–Crippen LogP) is 4.09. The van der Waals surface area contributed by atoms with Crippen LogP contribution in [0.15, 0.2) is 84.5 Å². The van der Waals surface area contributed by atoms with Gasteiger partial charge in [-0.1, -0.05) is 42.5 Å². The largest absolute Gasteiger partial charge is 0.375 e. The van der Waals surface area contributed by atoms with Crippen LogP contribution in [-0.2, 0) is 11.3 Å². The molecule has 166 valence electrons. The fourth-order valence-electron chi connectivity index (χ4n) is 3.37. The van der Waals surface area contributed by atoms with E-state index in [1.165, 1.54) is 11.3 Å². The summed E-state index contributed by atoms with van der Waals surface area (Å²) in [5.74, 6) is -0.418. The van der Waals surface area contributed by atoms with Gasteiger partial charge in [0.2, 0.25) is 5.91 Å². The maximum atomic E-state index is 13.2. The quantitative estimate of drug-likeness (QED) is 0.451. The van der Waals surface area contributed by atoms with Gasteiger partial charge >= 0.3 is 0 Å².